The van der Waals surface area contributed by atoms with Crippen LogP contribution in [0, 0.1) is 0 Å². The number of amides is 1. The van der Waals surface area contributed by atoms with E-state index < -0.39 is 0 Å². The van der Waals surface area contributed by atoms with Crippen molar-refractivity contribution in [1.29, 1.82) is 0 Å². The molecule has 5 nitrogen and oxygen atoms in total. The van der Waals surface area contributed by atoms with Crippen molar-refractivity contribution < 1.29 is 4.79 Å². The predicted octanol–water partition coefficient (Wildman–Crippen LogP) is 1.76. The number of nitrogens with two attached hydrogens (primary N) is 1. The fourth-order valence-electron chi connectivity index (χ4n) is 1.62. The first-order valence-corrected chi connectivity index (χ1v) is 6.73. The first-order chi connectivity index (χ1) is 8.63. The number of imidazole rings is 1. The number of nitrogens with zero attached hydrogens (tertiary/aromatic N) is 1. The van der Waals surface area contributed by atoms with Crippen LogP contribution in [0.3, 0.4) is 0 Å². The average Bonchev–Trinajstić information content (AvgIpc) is 2.67. The summed E-state index contributed by atoms with van der Waals surface area (Å²) in [5, 5.41) is 3.73. The zero-order chi connectivity index (χ0) is 13.4. The Morgan fingerprint density at radius 1 is 1.50 bits per heavy atom. The number of aromatic nitrogens is 2. The van der Waals surface area contributed by atoms with Crippen LogP contribution in [0.15, 0.2) is 0 Å². The van der Waals surface area contributed by atoms with Gasteiger partial charge in [-0.3, -0.25) is 4.79 Å². The Morgan fingerprint density at radius 3 is 2.94 bits per heavy atom. The number of primary amides is 1. The van der Waals surface area contributed by atoms with Crippen LogP contribution in [0.1, 0.15) is 44.1 Å². The minimum Gasteiger partial charge on any atom is -0.370 e. The van der Waals surface area contributed by atoms with Gasteiger partial charge >= 0.3 is 0 Å². The van der Waals surface area contributed by atoms with Gasteiger partial charge in [0, 0.05) is 19.4 Å². The van der Waals surface area contributed by atoms with E-state index in [2.05, 4.69) is 22.2 Å². The number of carbonyl (C=O) groups is 1. The summed E-state index contributed by atoms with van der Waals surface area (Å²) in [6.45, 7) is 3.52. The first-order valence-electron chi connectivity index (χ1n) is 6.35. The third-order valence-corrected chi connectivity index (χ3v) is 2.94. The Labute approximate surface area is 112 Å². The second-order valence-electron chi connectivity index (χ2n) is 4.30. The molecule has 0 saturated carbocycles. The van der Waals surface area contributed by atoms with E-state index in [9.17, 15) is 4.79 Å². The molecule has 1 heterocycles. The van der Waals surface area contributed by atoms with Crippen LogP contribution < -0.4 is 11.1 Å². The SMILES string of the molecule is CCCCc1nc(Cl)c(CNCCCC(N)=O)[nH]1. The van der Waals surface area contributed by atoms with Gasteiger partial charge < -0.3 is 16.0 Å². The lowest BCUT2D eigenvalue weighted by atomic mass is 10.2. The highest BCUT2D eigenvalue weighted by molar-refractivity contribution is 6.30. The molecule has 0 radical (unpaired) electrons. The first kappa shape index (κ1) is 15.0. The Morgan fingerprint density at radius 2 is 2.28 bits per heavy atom. The standard InChI is InChI=1S/C12H21ClN4O/c1-2-3-6-11-16-9(12(13)17-11)8-15-7-4-5-10(14)18/h15H,2-8H2,1H3,(H2,14,18)(H,16,17). The van der Waals surface area contributed by atoms with Crippen LogP contribution in [-0.4, -0.2) is 22.4 Å². The average molecular weight is 273 g/mol. The molecule has 1 amide bonds. The predicted molar refractivity (Wildman–Crippen MR) is 72.3 cm³/mol. The molecule has 0 aliphatic carbocycles. The Balaban J connectivity index is 2.28. The summed E-state index contributed by atoms with van der Waals surface area (Å²) in [7, 11) is 0. The lowest BCUT2D eigenvalue weighted by Crippen LogP contribution is -2.18. The molecule has 0 atom stereocenters. The van der Waals surface area contributed by atoms with E-state index in [1.165, 1.54) is 0 Å². The quantitative estimate of drug-likeness (QED) is 0.599. The summed E-state index contributed by atoms with van der Waals surface area (Å²) >= 11 is 6.03. The van der Waals surface area contributed by atoms with E-state index >= 15 is 0 Å². The van der Waals surface area contributed by atoms with Gasteiger partial charge in [0.2, 0.25) is 5.91 Å². The molecule has 1 aromatic heterocycles. The van der Waals surface area contributed by atoms with Gasteiger partial charge in [0.1, 0.15) is 5.82 Å². The number of nitrogens with one attached hydrogen (secondary N) is 2. The largest absolute Gasteiger partial charge is 0.370 e. The molecule has 0 bridgehead atoms. The van der Waals surface area contributed by atoms with Gasteiger partial charge in [-0.1, -0.05) is 24.9 Å². The van der Waals surface area contributed by atoms with Crippen LogP contribution >= 0.6 is 11.6 Å². The number of halogens is 1. The highest BCUT2D eigenvalue weighted by Crippen LogP contribution is 2.13. The smallest absolute Gasteiger partial charge is 0.217 e. The van der Waals surface area contributed by atoms with Crippen LogP contribution in [0.2, 0.25) is 5.15 Å². The molecule has 1 rings (SSSR count). The molecule has 1 aromatic rings. The monoisotopic (exact) mass is 272 g/mol. The van der Waals surface area contributed by atoms with Crippen molar-refractivity contribution in [2.45, 2.75) is 45.6 Å². The van der Waals surface area contributed by atoms with Crippen molar-refractivity contribution in [3.05, 3.63) is 16.7 Å². The summed E-state index contributed by atoms with van der Waals surface area (Å²) < 4.78 is 0. The van der Waals surface area contributed by atoms with Gasteiger partial charge in [-0.25, -0.2) is 4.98 Å². The molecule has 0 aromatic carbocycles. The summed E-state index contributed by atoms with van der Waals surface area (Å²) in [5.74, 6) is 0.675. The van der Waals surface area contributed by atoms with Gasteiger partial charge in [0.25, 0.3) is 0 Å². The molecule has 0 unspecified atom stereocenters. The van der Waals surface area contributed by atoms with Gasteiger partial charge in [-0.15, -0.1) is 0 Å². The van der Waals surface area contributed by atoms with Gasteiger partial charge in [-0.05, 0) is 19.4 Å². The van der Waals surface area contributed by atoms with Crippen molar-refractivity contribution in [2.75, 3.05) is 6.54 Å². The molecule has 0 saturated heterocycles. The maximum Gasteiger partial charge on any atom is 0.217 e. The van der Waals surface area contributed by atoms with E-state index in [1.807, 2.05) is 0 Å². The molecular weight excluding hydrogens is 252 g/mol. The molecule has 18 heavy (non-hydrogen) atoms. The van der Waals surface area contributed by atoms with E-state index in [0.717, 1.165) is 43.7 Å². The van der Waals surface area contributed by atoms with Gasteiger partial charge in [-0.2, -0.15) is 0 Å². The van der Waals surface area contributed by atoms with Crippen molar-refractivity contribution in [1.82, 2.24) is 15.3 Å². The third kappa shape index (κ3) is 5.51. The summed E-state index contributed by atoms with van der Waals surface area (Å²) in [6.07, 6.45) is 4.32. The van der Waals surface area contributed by atoms with E-state index in [4.69, 9.17) is 17.3 Å². The summed E-state index contributed by atoms with van der Waals surface area (Å²) in [5.41, 5.74) is 5.96. The number of H-pyrrole nitrogens is 1. The summed E-state index contributed by atoms with van der Waals surface area (Å²) in [4.78, 5) is 18.0. The highest BCUT2D eigenvalue weighted by atomic mass is 35.5. The van der Waals surface area contributed by atoms with Crippen molar-refractivity contribution >= 4 is 17.5 Å². The zero-order valence-corrected chi connectivity index (χ0v) is 11.5. The number of unbranched alkanes of at least 4 members (excludes halogenated alkanes) is 1. The Bertz CT molecular complexity index is 378. The molecule has 0 aliphatic heterocycles. The Kier molecular flexibility index (Phi) is 6.75. The molecule has 0 fully saturated rings. The lowest BCUT2D eigenvalue weighted by molar-refractivity contribution is -0.118. The van der Waals surface area contributed by atoms with Crippen molar-refractivity contribution in [2.24, 2.45) is 5.73 Å². The van der Waals surface area contributed by atoms with E-state index in [0.29, 0.717) is 18.1 Å². The number of aromatic amines is 1. The molecule has 0 spiro atoms. The molecule has 6 heteroatoms. The number of hydrogen-bond acceptors (Lipinski definition) is 3. The van der Waals surface area contributed by atoms with Gasteiger partial charge in [0.15, 0.2) is 5.15 Å². The molecule has 102 valence electrons. The normalized spacial score (nSPS) is 10.8. The van der Waals surface area contributed by atoms with E-state index in [1.54, 1.807) is 0 Å². The highest BCUT2D eigenvalue weighted by Gasteiger charge is 2.07. The number of hydrogen-bond donors (Lipinski definition) is 3. The second kappa shape index (κ2) is 8.11. The second-order valence-corrected chi connectivity index (χ2v) is 4.66. The molecule has 0 aliphatic rings. The summed E-state index contributed by atoms with van der Waals surface area (Å²) in [6, 6.07) is 0. The van der Waals surface area contributed by atoms with Gasteiger partial charge in [0.05, 0.1) is 5.69 Å². The molecular formula is C12H21ClN4O. The van der Waals surface area contributed by atoms with Crippen LogP contribution in [0.5, 0.6) is 0 Å². The maximum atomic E-state index is 10.5. The fourth-order valence-corrected chi connectivity index (χ4v) is 1.84. The maximum absolute atomic E-state index is 10.5. The molecule has 4 N–H and O–H groups in total. The number of aryl methyl sites for hydroxylation is 1. The minimum atomic E-state index is -0.266. The van der Waals surface area contributed by atoms with Crippen LogP contribution in [-0.2, 0) is 17.8 Å². The Hall–Kier alpha value is -1.07. The van der Waals surface area contributed by atoms with Crippen LogP contribution in [0.25, 0.3) is 0 Å². The van der Waals surface area contributed by atoms with Crippen molar-refractivity contribution in [3.8, 4) is 0 Å². The minimum absolute atomic E-state index is 0.266. The zero-order valence-electron chi connectivity index (χ0n) is 10.8. The topological polar surface area (TPSA) is 83.8 Å². The number of carbonyl (C=O) groups excluding carboxylic acids is 1. The fraction of sp³-hybridized carbons (Fsp3) is 0.667. The van der Waals surface area contributed by atoms with Crippen molar-refractivity contribution in [3.63, 3.8) is 0 Å². The number of rotatable bonds is 9. The third-order valence-electron chi connectivity index (χ3n) is 2.62. The van der Waals surface area contributed by atoms with E-state index in [-0.39, 0.29) is 5.91 Å². The van der Waals surface area contributed by atoms with Crippen LogP contribution in [0.4, 0.5) is 0 Å². The lowest BCUT2D eigenvalue weighted by Gasteiger charge is -2.02.